The fraction of sp³-hybridized carbons (Fsp3) is 0.263. The van der Waals surface area contributed by atoms with Crippen LogP contribution in [-0.4, -0.2) is 12.0 Å². The number of aryl methyl sites for hydroxylation is 1. The van der Waals surface area contributed by atoms with Crippen molar-refractivity contribution in [1.29, 1.82) is 0 Å². The topological polar surface area (TPSA) is 42.7 Å². The normalized spacial score (nSPS) is 15.8. The van der Waals surface area contributed by atoms with Crippen molar-refractivity contribution in [3.63, 3.8) is 0 Å². The summed E-state index contributed by atoms with van der Waals surface area (Å²) in [6, 6.07) is 9.27. The predicted octanol–water partition coefficient (Wildman–Crippen LogP) is 4.73. The van der Waals surface area contributed by atoms with Gasteiger partial charge in [-0.3, -0.25) is 4.79 Å². The highest BCUT2D eigenvalue weighted by molar-refractivity contribution is 6.04. The van der Waals surface area contributed by atoms with E-state index >= 15 is 0 Å². The second kappa shape index (κ2) is 6.71. The van der Waals surface area contributed by atoms with E-state index in [4.69, 9.17) is 11.3 Å². The molecule has 0 radical (unpaired) electrons. The molecule has 1 atom stereocenters. The Bertz CT molecular complexity index is 827. The maximum absolute atomic E-state index is 13.9. The average molecular weight is 324 g/mol. The molecule has 2 aromatic carbocycles. The van der Waals surface area contributed by atoms with Crippen LogP contribution in [0, 0.1) is 12.4 Å². The van der Waals surface area contributed by atoms with Gasteiger partial charge in [-0.2, -0.15) is 0 Å². The molecule has 1 N–H and O–H groups in total. The zero-order valence-corrected chi connectivity index (χ0v) is 13.3. The smallest absolute Gasteiger partial charge is 0.258 e. The van der Waals surface area contributed by atoms with Crippen LogP contribution in [0.3, 0.4) is 0 Å². The maximum Gasteiger partial charge on any atom is 0.258 e. The van der Waals surface area contributed by atoms with E-state index < -0.39 is 11.7 Å². The number of fused-ring (bicyclic) bond motifs is 1. The molecule has 5 heteroatoms. The molecule has 3 rings (SSSR count). The van der Waals surface area contributed by atoms with E-state index in [-0.39, 0.29) is 17.4 Å². The number of hydrogen-bond donors (Lipinski definition) is 1. The molecule has 1 aliphatic heterocycles. The lowest BCUT2D eigenvalue weighted by atomic mass is 10.0. The van der Waals surface area contributed by atoms with Crippen LogP contribution in [0.15, 0.2) is 36.4 Å². The Hall–Kier alpha value is -2.87. The Kier molecular flexibility index (Phi) is 4.48. The number of anilines is 1. The second-order valence-corrected chi connectivity index (χ2v) is 5.74. The Morgan fingerprint density at radius 3 is 2.92 bits per heavy atom. The minimum absolute atomic E-state index is 0.0811. The van der Waals surface area contributed by atoms with Crippen LogP contribution in [0.1, 0.15) is 35.7 Å². The van der Waals surface area contributed by atoms with Gasteiger partial charge >= 0.3 is 0 Å². The van der Waals surface area contributed by atoms with Gasteiger partial charge in [-0.15, -0.1) is 0 Å². The first-order valence-corrected chi connectivity index (χ1v) is 7.88. The minimum atomic E-state index is -0.701. The van der Waals surface area contributed by atoms with Gasteiger partial charge in [-0.1, -0.05) is 19.1 Å². The van der Waals surface area contributed by atoms with Gasteiger partial charge < -0.3 is 10.1 Å². The van der Waals surface area contributed by atoms with E-state index in [0.717, 1.165) is 36.6 Å². The first-order valence-electron chi connectivity index (χ1n) is 7.88. The monoisotopic (exact) mass is 324 g/mol. The van der Waals surface area contributed by atoms with E-state index in [9.17, 15) is 9.18 Å². The lowest BCUT2D eigenvalue weighted by Gasteiger charge is -2.25. The average Bonchev–Trinajstić information content (AvgIpc) is 2.60. The fourth-order valence-electron chi connectivity index (χ4n) is 2.77. The van der Waals surface area contributed by atoms with Crippen molar-refractivity contribution in [3.05, 3.63) is 64.8 Å². The van der Waals surface area contributed by atoms with Gasteiger partial charge in [0.2, 0.25) is 0 Å². The molecular formula is C19H17FN2O2. The van der Waals surface area contributed by atoms with Crippen LogP contribution in [0.25, 0.3) is 4.85 Å². The van der Waals surface area contributed by atoms with Crippen LogP contribution in [0.2, 0.25) is 0 Å². The van der Waals surface area contributed by atoms with Crippen molar-refractivity contribution >= 4 is 17.3 Å². The Morgan fingerprint density at radius 2 is 2.21 bits per heavy atom. The fourth-order valence-corrected chi connectivity index (χ4v) is 2.77. The number of nitrogens with zero attached hydrogens (tertiary/aromatic N) is 1. The number of benzene rings is 2. The van der Waals surface area contributed by atoms with Crippen molar-refractivity contribution in [2.24, 2.45) is 0 Å². The summed E-state index contributed by atoms with van der Waals surface area (Å²) in [5.74, 6) is -0.390. The van der Waals surface area contributed by atoms with Crippen molar-refractivity contribution in [2.45, 2.75) is 32.3 Å². The first kappa shape index (κ1) is 16.0. The summed E-state index contributed by atoms with van der Waals surface area (Å²) in [5.41, 5.74) is 1.73. The Balaban J connectivity index is 1.77. The van der Waals surface area contributed by atoms with Crippen molar-refractivity contribution in [3.8, 4) is 5.75 Å². The quantitative estimate of drug-likeness (QED) is 0.829. The molecule has 1 amide bonds. The predicted molar refractivity (Wildman–Crippen MR) is 90.1 cm³/mol. The van der Waals surface area contributed by atoms with Crippen LogP contribution < -0.4 is 10.1 Å². The molecule has 1 unspecified atom stereocenters. The van der Waals surface area contributed by atoms with Crippen molar-refractivity contribution < 1.29 is 13.9 Å². The summed E-state index contributed by atoms with van der Waals surface area (Å²) in [5, 5.41) is 2.70. The molecule has 24 heavy (non-hydrogen) atoms. The molecule has 0 aromatic heterocycles. The summed E-state index contributed by atoms with van der Waals surface area (Å²) in [6.45, 7) is 8.96. The third kappa shape index (κ3) is 3.23. The second-order valence-electron chi connectivity index (χ2n) is 5.74. The summed E-state index contributed by atoms with van der Waals surface area (Å²) in [6.07, 6.45) is 3.06. The molecule has 0 spiro atoms. The molecular weight excluding hydrogens is 307 g/mol. The molecule has 1 heterocycles. The molecule has 4 nitrogen and oxygen atoms in total. The van der Waals surface area contributed by atoms with Gasteiger partial charge in [-0.05, 0) is 49.1 Å². The number of hydrogen-bond acceptors (Lipinski definition) is 2. The van der Waals surface area contributed by atoms with Gasteiger partial charge in [0, 0.05) is 5.69 Å². The number of carbonyl (C=O) groups excluding carboxylic acids is 1. The largest absolute Gasteiger partial charge is 0.490 e. The minimum Gasteiger partial charge on any atom is -0.490 e. The summed E-state index contributed by atoms with van der Waals surface area (Å²) < 4.78 is 19.8. The molecule has 0 fully saturated rings. The van der Waals surface area contributed by atoms with Crippen LogP contribution in [-0.2, 0) is 6.42 Å². The van der Waals surface area contributed by atoms with Crippen LogP contribution in [0.4, 0.5) is 15.8 Å². The van der Waals surface area contributed by atoms with Crippen LogP contribution in [0.5, 0.6) is 5.75 Å². The van der Waals surface area contributed by atoms with E-state index in [2.05, 4.69) is 17.1 Å². The summed E-state index contributed by atoms with van der Waals surface area (Å²) >= 11 is 0. The molecule has 1 aliphatic rings. The molecule has 0 aliphatic carbocycles. The van der Waals surface area contributed by atoms with E-state index in [0.29, 0.717) is 5.69 Å². The Morgan fingerprint density at radius 1 is 1.38 bits per heavy atom. The van der Waals surface area contributed by atoms with Gasteiger partial charge in [0.25, 0.3) is 5.91 Å². The van der Waals surface area contributed by atoms with E-state index in [1.165, 1.54) is 12.1 Å². The van der Waals surface area contributed by atoms with Crippen molar-refractivity contribution in [1.82, 2.24) is 0 Å². The van der Waals surface area contributed by atoms with Crippen molar-refractivity contribution in [2.75, 3.05) is 5.32 Å². The SMILES string of the molecule is [C-]#[N+]c1ccc(C(=O)Nc2ccc3c(c2)CCC(CC)O3)c(F)c1. The highest BCUT2D eigenvalue weighted by Crippen LogP contribution is 2.31. The van der Waals surface area contributed by atoms with E-state index in [1.54, 1.807) is 6.07 Å². The number of carbonyl (C=O) groups is 1. The highest BCUT2D eigenvalue weighted by atomic mass is 19.1. The summed E-state index contributed by atoms with van der Waals surface area (Å²) in [4.78, 5) is 15.4. The third-order valence-corrected chi connectivity index (χ3v) is 4.13. The lowest BCUT2D eigenvalue weighted by Crippen LogP contribution is -2.22. The van der Waals surface area contributed by atoms with Crippen LogP contribution >= 0.6 is 0 Å². The zero-order chi connectivity index (χ0) is 17.1. The Labute approximate surface area is 140 Å². The number of amides is 1. The van der Waals surface area contributed by atoms with Gasteiger partial charge in [0.05, 0.1) is 18.2 Å². The van der Waals surface area contributed by atoms with Gasteiger partial charge in [-0.25, -0.2) is 9.24 Å². The molecule has 2 aromatic rings. The molecule has 0 saturated heterocycles. The number of halogens is 1. The number of nitrogens with one attached hydrogen (secondary N) is 1. The maximum atomic E-state index is 13.9. The third-order valence-electron chi connectivity index (χ3n) is 4.13. The lowest BCUT2D eigenvalue weighted by molar-refractivity contribution is 0.102. The highest BCUT2D eigenvalue weighted by Gasteiger charge is 2.19. The summed E-state index contributed by atoms with van der Waals surface area (Å²) in [7, 11) is 0. The molecule has 0 saturated carbocycles. The van der Waals surface area contributed by atoms with Gasteiger partial charge in [0.1, 0.15) is 11.6 Å². The van der Waals surface area contributed by atoms with Gasteiger partial charge in [0.15, 0.2) is 5.69 Å². The molecule has 0 bridgehead atoms. The van der Waals surface area contributed by atoms with E-state index in [1.807, 2.05) is 12.1 Å². The first-order chi connectivity index (χ1) is 11.6. The zero-order valence-electron chi connectivity index (χ0n) is 13.3. The molecule has 122 valence electrons. The number of ether oxygens (including phenoxy) is 1. The standard InChI is InChI=1S/C19H17FN2O2/c1-3-15-7-4-12-10-14(6-9-18(12)24-15)22-19(23)16-8-5-13(21-2)11-17(16)20/h5-6,8-11,15H,3-4,7H2,1H3,(H,22,23). The number of rotatable bonds is 3.